The Bertz CT molecular complexity index is 1540. The molecule has 0 fully saturated rings. The van der Waals surface area contributed by atoms with E-state index >= 15 is 0 Å². The Morgan fingerprint density at radius 2 is 1.45 bits per heavy atom. The van der Waals surface area contributed by atoms with Crippen LogP contribution in [0.25, 0.3) is 11.5 Å². The number of aromatic nitrogens is 2. The number of hydrogen-bond acceptors (Lipinski definition) is 9. The fraction of sp³-hybridized carbons (Fsp3) is 0.250. The minimum atomic E-state index is -3.76. The van der Waals surface area contributed by atoms with Crippen LogP contribution in [0.2, 0.25) is 0 Å². The Kier molecular flexibility index (Phi) is 8.90. The Morgan fingerprint density at radius 3 is 2.02 bits per heavy atom. The summed E-state index contributed by atoms with van der Waals surface area (Å²) < 4.78 is 50.6. The maximum atomic E-state index is 12.8. The highest BCUT2D eigenvalue weighted by Crippen LogP contribution is 2.41. The van der Waals surface area contributed by atoms with Crippen molar-refractivity contribution in [3.8, 4) is 28.7 Å². The second kappa shape index (κ2) is 12.5. The van der Waals surface area contributed by atoms with Crippen molar-refractivity contribution in [1.82, 2.24) is 10.2 Å². The van der Waals surface area contributed by atoms with Gasteiger partial charge in [-0.1, -0.05) is 22.8 Å². The molecule has 4 aromatic rings. The number of carbonyl (C=O) groups is 1. The summed E-state index contributed by atoms with van der Waals surface area (Å²) in [6, 6.07) is 15.7. The van der Waals surface area contributed by atoms with Gasteiger partial charge in [0.05, 0.1) is 24.7 Å². The standard InChI is InChI=1S/C28H30N4O7S/c1-5-36-23-16-20(17-24(37-6-2)25(23)38-7-3)27-30-31-28(39-27)29-26(33)19-10-12-21(13-11-19)32-40(34,35)22-14-8-18(4)9-15-22/h8-17,32H,5-7H2,1-4H3,(H,29,31,33). The molecule has 40 heavy (non-hydrogen) atoms. The fourth-order valence-electron chi connectivity index (χ4n) is 3.69. The van der Waals surface area contributed by atoms with Crippen LogP contribution in [0.4, 0.5) is 11.7 Å². The quantitative estimate of drug-likeness (QED) is 0.234. The molecule has 0 spiro atoms. The number of rotatable bonds is 12. The van der Waals surface area contributed by atoms with Crippen molar-refractivity contribution in [3.63, 3.8) is 0 Å². The van der Waals surface area contributed by atoms with Gasteiger partial charge >= 0.3 is 6.01 Å². The Morgan fingerprint density at radius 1 is 0.850 bits per heavy atom. The molecular weight excluding hydrogens is 536 g/mol. The van der Waals surface area contributed by atoms with E-state index in [-0.39, 0.29) is 22.4 Å². The molecule has 3 aromatic carbocycles. The van der Waals surface area contributed by atoms with Crippen LogP contribution in [0.1, 0.15) is 36.7 Å². The summed E-state index contributed by atoms with van der Waals surface area (Å²) >= 11 is 0. The van der Waals surface area contributed by atoms with Gasteiger partial charge in [-0.15, -0.1) is 5.10 Å². The number of hydrogen-bond donors (Lipinski definition) is 2. The van der Waals surface area contributed by atoms with Gasteiger partial charge in [-0.3, -0.25) is 14.8 Å². The molecule has 0 atom stereocenters. The second-order valence-corrected chi connectivity index (χ2v) is 10.1. The number of ether oxygens (including phenoxy) is 3. The molecular formula is C28H30N4O7S. The minimum Gasteiger partial charge on any atom is -0.490 e. The first kappa shape index (κ1) is 28.4. The SMILES string of the molecule is CCOc1cc(-c2nnc(NC(=O)c3ccc(NS(=O)(=O)c4ccc(C)cc4)cc3)o2)cc(OCC)c1OCC. The van der Waals surface area contributed by atoms with Gasteiger partial charge < -0.3 is 18.6 Å². The maximum absolute atomic E-state index is 12.8. The van der Waals surface area contributed by atoms with Gasteiger partial charge in [-0.05, 0) is 76.2 Å². The number of anilines is 2. The third-order valence-corrected chi connectivity index (χ3v) is 6.93. The normalized spacial score (nSPS) is 11.1. The van der Waals surface area contributed by atoms with E-state index in [0.29, 0.717) is 48.3 Å². The van der Waals surface area contributed by atoms with Crippen molar-refractivity contribution in [1.29, 1.82) is 0 Å². The van der Waals surface area contributed by atoms with Crippen LogP contribution < -0.4 is 24.2 Å². The van der Waals surface area contributed by atoms with Crippen molar-refractivity contribution < 1.29 is 31.8 Å². The van der Waals surface area contributed by atoms with E-state index in [9.17, 15) is 13.2 Å². The minimum absolute atomic E-state index is 0.117. The predicted molar refractivity (Wildman–Crippen MR) is 150 cm³/mol. The summed E-state index contributed by atoms with van der Waals surface area (Å²) in [5, 5.41) is 10.5. The van der Waals surface area contributed by atoms with Gasteiger partial charge in [-0.2, -0.15) is 0 Å². The zero-order valence-corrected chi connectivity index (χ0v) is 23.4. The molecule has 11 nitrogen and oxygen atoms in total. The summed E-state index contributed by atoms with van der Waals surface area (Å²) in [5.41, 5.74) is 2.04. The first-order chi connectivity index (χ1) is 19.2. The number of benzene rings is 3. The average molecular weight is 567 g/mol. The smallest absolute Gasteiger partial charge is 0.322 e. The van der Waals surface area contributed by atoms with Crippen LogP contribution in [-0.2, 0) is 10.0 Å². The lowest BCUT2D eigenvalue weighted by atomic mass is 10.2. The molecule has 0 bridgehead atoms. The van der Waals surface area contributed by atoms with Crippen LogP contribution in [-0.4, -0.2) is 44.3 Å². The summed E-state index contributed by atoms with van der Waals surface area (Å²) in [6.45, 7) is 8.70. The molecule has 0 aliphatic rings. The van der Waals surface area contributed by atoms with Crippen molar-refractivity contribution in [2.75, 3.05) is 29.9 Å². The van der Waals surface area contributed by atoms with Crippen molar-refractivity contribution in [2.45, 2.75) is 32.6 Å². The Balaban J connectivity index is 1.48. The number of sulfonamides is 1. The van der Waals surface area contributed by atoms with E-state index < -0.39 is 15.9 Å². The first-order valence-electron chi connectivity index (χ1n) is 12.6. The largest absolute Gasteiger partial charge is 0.490 e. The van der Waals surface area contributed by atoms with Gasteiger partial charge in [0, 0.05) is 16.8 Å². The van der Waals surface area contributed by atoms with Gasteiger partial charge in [0.15, 0.2) is 11.5 Å². The zero-order valence-electron chi connectivity index (χ0n) is 22.6. The van der Waals surface area contributed by atoms with Gasteiger partial charge in [0.1, 0.15) is 0 Å². The lowest BCUT2D eigenvalue weighted by Crippen LogP contribution is -2.14. The maximum Gasteiger partial charge on any atom is 0.322 e. The highest BCUT2D eigenvalue weighted by Gasteiger charge is 2.20. The van der Waals surface area contributed by atoms with Crippen molar-refractivity contribution in [3.05, 3.63) is 71.8 Å². The number of carbonyl (C=O) groups excluding carboxylic acids is 1. The van der Waals surface area contributed by atoms with Crippen LogP contribution in [0.3, 0.4) is 0 Å². The molecule has 2 N–H and O–H groups in total. The molecule has 210 valence electrons. The van der Waals surface area contributed by atoms with E-state index in [1.54, 1.807) is 24.3 Å². The number of aryl methyl sites for hydroxylation is 1. The number of nitrogens with one attached hydrogen (secondary N) is 2. The molecule has 1 heterocycles. The summed E-state index contributed by atoms with van der Waals surface area (Å²) in [4.78, 5) is 12.9. The molecule has 12 heteroatoms. The van der Waals surface area contributed by atoms with Gasteiger partial charge in [-0.25, -0.2) is 8.42 Å². The van der Waals surface area contributed by atoms with E-state index in [2.05, 4.69) is 20.2 Å². The molecule has 0 aliphatic heterocycles. The topological polar surface area (TPSA) is 142 Å². The molecule has 4 rings (SSSR count). The van der Waals surface area contributed by atoms with Crippen LogP contribution >= 0.6 is 0 Å². The highest BCUT2D eigenvalue weighted by molar-refractivity contribution is 7.92. The third-order valence-electron chi connectivity index (χ3n) is 5.53. The number of nitrogens with zero attached hydrogens (tertiary/aromatic N) is 2. The fourth-order valence-corrected chi connectivity index (χ4v) is 4.75. The first-order valence-corrected chi connectivity index (χ1v) is 14.1. The Hall–Kier alpha value is -4.58. The van der Waals surface area contributed by atoms with Crippen molar-refractivity contribution in [2.24, 2.45) is 0 Å². The van der Waals surface area contributed by atoms with Crippen LogP contribution in [0, 0.1) is 6.92 Å². The van der Waals surface area contributed by atoms with E-state index in [4.69, 9.17) is 18.6 Å². The molecule has 0 saturated heterocycles. The molecule has 1 amide bonds. The van der Waals surface area contributed by atoms with Gasteiger partial charge in [0.25, 0.3) is 15.9 Å². The van der Waals surface area contributed by atoms with Gasteiger partial charge in [0.2, 0.25) is 11.6 Å². The molecule has 0 unspecified atom stereocenters. The highest BCUT2D eigenvalue weighted by atomic mass is 32.2. The molecule has 1 aromatic heterocycles. The lowest BCUT2D eigenvalue weighted by Gasteiger charge is -2.16. The Labute approximate surface area is 232 Å². The van der Waals surface area contributed by atoms with Crippen LogP contribution in [0.15, 0.2) is 70.0 Å². The van der Waals surface area contributed by atoms with E-state index in [0.717, 1.165) is 5.56 Å². The monoisotopic (exact) mass is 566 g/mol. The summed E-state index contributed by atoms with van der Waals surface area (Å²) in [5.74, 6) is 1.04. The molecule has 0 aliphatic carbocycles. The van der Waals surface area contributed by atoms with E-state index in [1.807, 2.05) is 27.7 Å². The lowest BCUT2D eigenvalue weighted by molar-refractivity contribution is 0.102. The van der Waals surface area contributed by atoms with E-state index in [1.165, 1.54) is 36.4 Å². The predicted octanol–water partition coefficient (Wildman–Crippen LogP) is 5.29. The molecule has 0 saturated carbocycles. The average Bonchev–Trinajstić information content (AvgIpc) is 3.39. The number of amides is 1. The summed E-state index contributed by atoms with van der Waals surface area (Å²) in [7, 11) is -3.76. The second-order valence-electron chi connectivity index (χ2n) is 8.46. The zero-order chi connectivity index (χ0) is 28.7. The van der Waals surface area contributed by atoms with Crippen LogP contribution in [0.5, 0.6) is 17.2 Å². The van der Waals surface area contributed by atoms with Crippen molar-refractivity contribution >= 4 is 27.6 Å². The third kappa shape index (κ3) is 6.70. The summed E-state index contributed by atoms with van der Waals surface area (Å²) in [6.07, 6.45) is 0. The molecule has 0 radical (unpaired) electrons.